The van der Waals surface area contributed by atoms with Crippen LogP contribution in [0.5, 0.6) is 0 Å². The third-order valence-corrected chi connectivity index (χ3v) is 4.85. The minimum Gasteiger partial charge on any atom is -0.299 e. The van der Waals surface area contributed by atoms with Crippen molar-refractivity contribution in [1.82, 2.24) is 19.7 Å². The second kappa shape index (κ2) is 6.63. The van der Waals surface area contributed by atoms with E-state index < -0.39 is 0 Å². The Hall–Kier alpha value is -1.01. The maximum Gasteiger partial charge on any atom is 0.195 e. The molecule has 0 unspecified atom stereocenters. The Labute approximate surface area is 129 Å². The maximum atomic E-state index is 5.32. The van der Waals surface area contributed by atoms with Gasteiger partial charge in [0.15, 0.2) is 10.6 Å². The molecule has 0 saturated carbocycles. The molecule has 2 heterocycles. The van der Waals surface area contributed by atoms with E-state index in [9.17, 15) is 0 Å². The molecule has 0 atom stereocenters. The van der Waals surface area contributed by atoms with E-state index in [4.69, 9.17) is 12.2 Å². The number of aromatic nitrogens is 4. The number of thiazole rings is 1. The number of rotatable bonds is 6. The largest absolute Gasteiger partial charge is 0.299 e. The molecule has 0 fully saturated rings. The summed E-state index contributed by atoms with van der Waals surface area (Å²) in [7, 11) is 0. The van der Waals surface area contributed by atoms with Crippen LogP contribution in [-0.4, -0.2) is 19.7 Å². The van der Waals surface area contributed by atoms with Gasteiger partial charge in [-0.05, 0) is 31.0 Å². The van der Waals surface area contributed by atoms with Crippen molar-refractivity contribution in [2.24, 2.45) is 5.92 Å². The van der Waals surface area contributed by atoms with Crippen LogP contribution in [0.3, 0.4) is 0 Å². The van der Waals surface area contributed by atoms with Crippen molar-refractivity contribution < 1.29 is 0 Å². The molecule has 110 valence electrons. The van der Waals surface area contributed by atoms with Crippen molar-refractivity contribution in [3.05, 3.63) is 16.0 Å². The summed E-state index contributed by atoms with van der Waals surface area (Å²) in [5, 5.41) is 8.49. The molecule has 0 aliphatic rings. The molecule has 0 radical (unpaired) electrons. The number of hydrogen-bond acceptors (Lipinski definition) is 4. The van der Waals surface area contributed by atoms with Crippen molar-refractivity contribution in [3.63, 3.8) is 0 Å². The van der Waals surface area contributed by atoms with Gasteiger partial charge >= 0.3 is 0 Å². The first-order valence-electron chi connectivity index (χ1n) is 7.18. The van der Waals surface area contributed by atoms with Crippen LogP contribution >= 0.6 is 23.6 Å². The summed E-state index contributed by atoms with van der Waals surface area (Å²) in [5.41, 5.74) is 0. The zero-order chi connectivity index (χ0) is 14.7. The summed E-state index contributed by atoms with van der Waals surface area (Å²) in [6, 6.07) is 0. The minimum atomic E-state index is 0.532. The second-order valence-corrected chi connectivity index (χ2v) is 6.88. The van der Waals surface area contributed by atoms with Crippen molar-refractivity contribution in [1.29, 1.82) is 0 Å². The van der Waals surface area contributed by atoms with Gasteiger partial charge in [0.25, 0.3) is 0 Å². The van der Waals surface area contributed by atoms with E-state index in [0.29, 0.717) is 16.6 Å². The molecule has 2 rings (SSSR count). The van der Waals surface area contributed by atoms with Crippen LogP contribution in [0.25, 0.3) is 10.7 Å². The molecule has 20 heavy (non-hydrogen) atoms. The van der Waals surface area contributed by atoms with Crippen LogP contribution in [0.4, 0.5) is 0 Å². The maximum absolute atomic E-state index is 5.32. The second-order valence-electron chi connectivity index (χ2n) is 5.43. The zero-order valence-corrected chi connectivity index (χ0v) is 14.1. The Bertz CT molecular complexity index is 605. The van der Waals surface area contributed by atoms with Gasteiger partial charge in [-0.15, -0.1) is 11.3 Å². The Morgan fingerprint density at radius 1 is 1.35 bits per heavy atom. The molecule has 0 spiro atoms. The van der Waals surface area contributed by atoms with Crippen LogP contribution < -0.4 is 0 Å². The van der Waals surface area contributed by atoms with Gasteiger partial charge < -0.3 is 0 Å². The standard InChI is InChI=1S/C14H22N4S2/c1-5-10(6-2)13-15-7-11(20-13)12-16-17-14(19)18(12)8-9(3)4/h7,9-10H,5-6,8H2,1-4H3,(H,17,19). The van der Waals surface area contributed by atoms with E-state index in [1.54, 1.807) is 11.3 Å². The topological polar surface area (TPSA) is 46.5 Å². The Balaban J connectivity index is 2.35. The molecule has 6 heteroatoms. The van der Waals surface area contributed by atoms with Gasteiger partial charge in [-0.1, -0.05) is 27.7 Å². The van der Waals surface area contributed by atoms with E-state index >= 15 is 0 Å². The summed E-state index contributed by atoms with van der Waals surface area (Å²) in [6.45, 7) is 9.67. The average molecular weight is 310 g/mol. The highest BCUT2D eigenvalue weighted by Gasteiger charge is 2.16. The fraction of sp³-hybridized carbons (Fsp3) is 0.643. The minimum absolute atomic E-state index is 0.532. The normalized spacial score (nSPS) is 11.7. The fourth-order valence-electron chi connectivity index (χ4n) is 2.26. The summed E-state index contributed by atoms with van der Waals surface area (Å²) < 4.78 is 2.76. The van der Waals surface area contributed by atoms with Crippen LogP contribution in [0, 0.1) is 10.7 Å². The summed E-state index contributed by atoms with van der Waals surface area (Å²) in [5.74, 6) is 2.00. The number of H-pyrrole nitrogens is 1. The number of aromatic amines is 1. The lowest BCUT2D eigenvalue weighted by Gasteiger charge is -2.08. The lowest BCUT2D eigenvalue weighted by molar-refractivity contribution is 0.522. The highest BCUT2D eigenvalue weighted by atomic mass is 32.1. The van der Waals surface area contributed by atoms with Gasteiger partial charge in [0.2, 0.25) is 0 Å². The highest BCUT2D eigenvalue weighted by molar-refractivity contribution is 7.71. The molecule has 1 N–H and O–H groups in total. The van der Waals surface area contributed by atoms with E-state index in [0.717, 1.165) is 30.1 Å². The molecular weight excluding hydrogens is 288 g/mol. The first kappa shape index (κ1) is 15.4. The molecule has 4 nitrogen and oxygen atoms in total. The number of nitrogens with zero attached hydrogens (tertiary/aromatic N) is 3. The predicted octanol–water partition coefficient (Wildman–Crippen LogP) is 4.62. The molecule has 0 bridgehead atoms. The fourth-order valence-corrected chi connectivity index (χ4v) is 3.65. The lowest BCUT2D eigenvalue weighted by Crippen LogP contribution is -2.05. The Kier molecular flexibility index (Phi) is 5.10. The van der Waals surface area contributed by atoms with Gasteiger partial charge in [-0.2, -0.15) is 5.10 Å². The van der Waals surface area contributed by atoms with Gasteiger partial charge in [0, 0.05) is 18.7 Å². The van der Waals surface area contributed by atoms with Crippen molar-refractivity contribution in [3.8, 4) is 10.7 Å². The zero-order valence-electron chi connectivity index (χ0n) is 12.5. The van der Waals surface area contributed by atoms with E-state index in [1.165, 1.54) is 5.01 Å². The van der Waals surface area contributed by atoms with Gasteiger partial charge in [-0.25, -0.2) is 4.98 Å². The smallest absolute Gasteiger partial charge is 0.195 e. The van der Waals surface area contributed by atoms with Gasteiger partial charge in [0.1, 0.15) is 0 Å². The highest BCUT2D eigenvalue weighted by Crippen LogP contribution is 2.32. The lowest BCUT2D eigenvalue weighted by atomic mass is 10.1. The van der Waals surface area contributed by atoms with E-state index in [1.807, 2.05) is 6.20 Å². The van der Waals surface area contributed by atoms with Crippen LogP contribution in [0.1, 0.15) is 51.5 Å². The summed E-state index contributed by atoms with van der Waals surface area (Å²) >= 11 is 7.06. The molecule has 0 aliphatic carbocycles. The predicted molar refractivity (Wildman–Crippen MR) is 86.7 cm³/mol. The molecule has 0 aromatic carbocycles. The first-order valence-corrected chi connectivity index (χ1v) is 8.40. The quantitative estimate of drug-likeness (QED) is 0.792. The van der Waals surface area contributed by atoms with E-state index in [2.05, 4.69) is 47.4 Å². The van der Waals surface area contributed by atoms with Gasteiger partial charge in [0.05, 0.1) is 9.88 Å². The number of nitrogens with one attached hydrogen (secondary N) is 1. The third kappa shape index (κ3) is 3.17. The van der Waals surface area contributed by atoms with Crippen LogP contribution in [-0.2, 0) is 6.54 Å². The molecule has 2 aromatic heterocycles. The average Bonchev–Trinajstić information content (AvgIpc) is 2.99. The summed E-state index contributed by atoms with van der Waals surface area (Å²) in [4.78, 5) is 5.68. The first-order chi connectivity index (χ1) is 9.56. The summed E-state index contributed by atoms with van der Waals surface area (Å²) in [6.07, 6.45) is 4.19. The molecule has 0 amide bonds. The molecule has 0 aliphatic heterocycles. The van der Waals surface area contributed by atoms with Gasteiger partial charge in [-0.3, -0.25) is 9.67 Å². The van der Waals surface area contributed by atoms with E-state index in [-0.39, 0.29) is 0 Å². The SMILES string of the molecule is CCC(CC)c1ncc(-c2n[nH]c(=S)n2CC(C)C)s1. The third-order valence-electron chi connectivity index (χ3n) is 3.38. The monoisotopic (exact) mass is 310 g/mol. The molecule has 0 saturated heterocycles. The van der Waals surface area contributed by atoms with Crippen molar-refractivity contribution in [2.45, 2.75) is 53.0 Å². The van der Waals surface area contributed by atoms with Crippen molar-refractivity contribution >= 4 is 23.6 Å². The van der Waals surface area contributed by atoms with Crippen LogP contribution in [0.15, 0.2) is 6.20 Å². The number of hydrogen-bond donors (Lipinski definition) is 1. The molecular formula is C14H22N4S2. The molecule has 2 aromatic rings. The Morgan fingerprint density at radius 3 is 2.65 bits per heavy atom. The Morgan fingerprint density at radius 2 is 2.05 bits per heavy atom. The van der Waals surface area contributed by atoms with Crippen molar-refractivity contribution in [2.75, 3.05) is 0 Å². The van der Waals surface area contributed by atoms with Crippen LogP contribution in [0.2, 0.25) is 0 Å².